The molecule has 2 heterocycles. The first-order chi connectivity index (χ1) is 13.1. The average molecular weight is 368 g/mol. The van der Waals surface area contributed by atoms with Gasteiger partial charge >= 0.3 is 0 Å². The number of hydrogen-bond acceptors (Lipinski definition) is 5. The molecule has 2 aromatic heterocycles. The highest BCUT2D eigenvalue weighted by Gasteiger charge is 2.10. The minimum absolute atomic E-state index is 0.173. The van der Waals surface area contributed by atoms with E-state index in [1.807, 2.05) is 37.3 Å². The maximum atomic E-state index is 12.4. The molecule has 0 aromatic carbocycles. The van der Waals surface area contributed by atoms with Gasteiger partial charge in [-0.25, -0.2) is 15.2 Å². The van der Waals surface area contributed by atoms with Crippen molar-refractivity contribution in [2.45, 2.75) is 13.8 Å². The number of nitrogens with one attached hydrogen (secondary N) is 1. The Labute approximate surface area is 159 Å². The average Bonchev–Trinajstić information content (AvgIpc) is 2.71. The van der Waals surface area contributed by atoms with Crippen LogP contribution >= 0.6 is 0 Å². The van der Waals surface area contributed by atoms with Gasteiger partial charge in [0.2, 0.25) is 0 Å². The van der Waals surface area contributed by atoms with Crippen LogP contribution in [0.3, 0.4) is 0 Å². The second-order valence-electron chi connectivity index (χ2n) is 5.42. The quantitative estimate of drug-likeness (QED) is 0.246. The Morgan fingerprint density at radius 1 is 1.37 bits per heavy atom. The predicted molar refractivity (Wildman–Crippen MR) is 110 cm³/mol. The molecule has 0 atom stereocenters. The maximum Gasteiger partial charge on any atom is 0.146 e. The number of amidine groups is 1. The summed E-state index contributed by atoms with van der Waals surface area (Å²) < 4.78 is 12.4. The summed E-state index contributed by atoms with van der Waals surface area (Å²) in [4.78, 5) is 12.4. The predicted octanol–water partition coefficient (Wildman–Crippen LogP) is 3.56. The van der Waals surface area contributed by atoms with Crippen molar-refractivity contribution in [3.05, 3.63) is 79.1 Å². The lowest BCUT2D eigenvalue weighted by Gasteiger charge is -2.10. The molecule has 0 aliphatic rings. The number of nitrogens with two attached hydrogens (primary N) is 2. The Morgan fingerprint density at radius 3 is 2.67 bits per heavy atom. The van der Waals surface area contributed by atoms with E-state index in [1.165, 1.54) is 0 Å². The van der Waals surface area contributed by atoms with Crippen molar-refractivity contribution in [2.75, 3.05) is 12.3 Å². The molecule has 0 spiro atoms. The van der Waals surface area contributed by atoms with Crippen LogP contribution in [0, 0.1) is 0 Å². The smallest absolute Gasteiger partial charge is 0.146 e. The fourth-order valence-electron chi connectivity index (χ4n) is 1.94. The van der Waals surface area contributed by atoms with Gasteiger partial charge < -0.3 is 11.2 Å². The third kappa shape index (κ3) is 7.21. The van der Waals surface area contributed by atoms with Crippen molar-refractivity contribution in [1.82, 2.24) is 15.4 Å². The highest BCUT2D eigenvalue weighted by atomic mass is 19.1. The summed E-state index contributed by atoms with van der Waals surface area (Å²) >= 11 is 0. The van der Waals surface area contributed by atoms with E-state index in [1.54, 1.807) is 31.6 Å². The largest absolute Gasteiger partial charge is 0.383 e. The van der Waals surface area contributed by atoms with E-state index in [4.69, 9.17) is 11.6 Å². The fraction of sp³-hybridized carbons (Fsp3) is 0.150. The summed E-state index contributed by atoms with van der Waals surface area (Å²) in [5, 5.41) is 0. The number of anilines is 1. The van der Waals surface area contributed by atoms with Gasteiger partial charge in [0.15, 0.2) is 0 Å². The number of hydrogen-bond donors (Lipinski definition) is 3. The van der Waals surface area contributed by atoms with Gasteiger partial charge in [0.1, 0.15) is 11.7 Å². The van der Waals surface area contributed by atoms with Crippen molar-refractivity contribution >= 4 is 11.7 Å². The van der Waals surface area contributed by atoms with Crippen LogP contribution in [-0.2, 0) is 0 Å². The highest BCUT2D eigenvalue weighted by Crippen LogP contribution is 2.21. The Morgan fingerprint density at radius 2 is 2.15 bits per heavy atom. The summed E-state index contributed by atoms with van der Waals surface area (Å²) in [5.41, 5.74) is 11.1. The Bertz CT molecular complexity index is 812. The lowest BCUT2D eigenvalue weighted by Crippen LogP contribution is -2.32. The van der Waals surface area contributed by atoms with Crippen LogP contribution in [0.15, 0.2) is 78.5 Å². The number of hydrazine groups is 1. The minimum Gasteiger partial charge on any atom is -0.383 e. The molecule has 6 nitrogen and oxygen atoms in total. The van der Waals surface area contributed by atoms with Gasteiger partial charge in [-0.3, -0.25) is 9.98 Å². The van der Waals surface area contributed by atoms with E-state index in [0.717, 1.165) is 11.1 Å². The Hall–Kier alpha value is -3.32. The number of aromatic nitrogens is 2. The van der Waals surface area contributed by atoms with E-state index in [9.17, 15) is 4.39 Å². The Kier molecular flexibility index (Phi) is 9.74. The molecule has 5 N–H and O–H groups in total. The number of allylic oxidation sites excluding steroid dienone is 3. The highest BCUT2D eigenvalue weighted by molar-refractivity contribution is 6.03. The summed E-state index contributed by atoms with van der Waals surface area (Å²) in [6.45, 7) is 7.23. The van der Waals surface area contributed by atoms with E-state index in [2.05, 4.69) is 27.0 Å². The molecule has 0 unspecified atom stereocenters. The van der Waals surface area contributed by atoms with Crippen LogP contribution in [0.2, 0.25) is 0 Å². The van der Waals surface area contributed by atoms with Gasteiger partial charge in [0.25, 0.3) is 0 Å². The molecule has 142 valence electrons. The molecular formula is C20H25FN6. The number of pyridine rings is 2. The molecule has 0 saturated heterocycles. The third-order valence-corrected chi connectivity index (χ3v) is 3.31. The monoisotopic (exact) mass is 368 g/mol. The number of nitrogen functional groups attached to an aromatic ring is 1. The van der Waals surface area contributed by atoms with Crippen molar-refractivity contribution in [2.24, 2.45) is 10.8 Å². The Balaban J connectivity index is 0.000000646. The van der Waals surface area contributed by atoms with Crippen LogP contribution < -0.4 is 17.0 Å². The zero-order chi connectivity index (χ0) is 20.1. The number of rotatable bonds is 5. The molecule has 2 aromatic rings. The number of halogens is 1. The lowest BCUT2D eigenvalue weighted by molar-refractivity contribution is 0.705. The first kappa shape index (κ1) is 21.7. The van der Waals surface area contributed by atoms with Gasteiger partial charge in [-0.15, -0.1) is 0 Å². The second kappa shape index (κ2) is 12.1. The second-order valence-corrected chi connectivity index (χ2v) is 5.42. The van der Waals surface area contributed by atoms with Crippen LogP contribution in [0.4, 0.5) is 10.2 Å². The van der Waals surface area contributed by atoms with Gasteiger partial charge in [-0.05, 0) is 31.6 Å². The van der Waals surface area contributed by atoms with Gasteiger partial charge in [0.05, 0.1) is 18.4 Å². The summed E-state index contributed by atoms with van der Waals surface area (Å²) in [6, 6.07) is 5.55. The molecule has 0 amide bonds. The maximum absolute atomic E-state index is 12.4. The SMILES string of the molecule is C/C(=C\F)CN=C(NN)c1cc(-c2cccnc2)cnc1N.C=C/C=C\C. The van der Waals surface area contributed by atoms with Crippen molar-refractivity contribution in [3.63, 3.8) is 0 Å². The molecule has 0 bridgehead atoms. The topological polar surface area (TPSA) is 102 Å². The van der Waals surface area contributed by atoms with Crippen LogP contribution in [0.5, 0.6) is 0 Å². The van der Waals surface area contributed by atoms with Gasteiger partial charge in [0, 0.05) is 29.7 Å². The zero-order valence-corrected chi connectivity index (χ0v) is 15.6. The van der Waals surface area contributed by atoms with Crippen LogP contribution in [0.1, 0.15) is 19.4 Å². The molecular weight excluding hydrogens is 343 g/mol. The van der Waals surface area contributed by atoms with Crippen molar-refractivity contribution in [1.29, 1.82) is 0 Å². The third-order valence-electron chi connectivity index (χ3n) is 3.31. The normalized spacial score (nSPS) is 11.7. The molecule has 2 rings (SSSR count). The number of aliphatic imine (C=N–C) groups is 1. The molecule has 27 heavy (non-hydrogen) atoms. The summed E-state index contributed by atoms with van der Waals surface area (Å²) in [7, 11) is 0. The van der Waals surface area contributed by atoms with Crippen molar-refractivity contribution < 1.29 is 4.39 Å². The first-order valence-electron chi connectivity index (χ1n) is 8.24. The van der Waals surface area contributed by atoms with E-state index in [-0.39, 0.29) is 12.4 Å². The van der Waals surface area contributed by atoms with E-state index in [0.29, 0.717) is 23.3 Å². The summed E-state index contributed by atoms with van der Waals surface area (Å²) in [6.07, 6.45) is 11.1. The standard InChI is InChI=1S/C15H17FN6.C5H8/c1-10(6-16)7-21-15(22-18)13-5-12(9-20-14(13)17)11-3-2-4-19-8-11;1-3-5-4-2/h2-6,8-9H,7,18H2,1H3,(H2,17,20)(H,21,22);3-5H,1H2,2H3/b10-6+;5-4-. The summed E-state index contributed by atoms with van der Waals surface area (Å²) in [5.74, 6) is 6.13. The van der Waals surface area contributed by atoms with Gasteiger partial charge in [-0.2, -0.15) is 0 Å². The lowest BCUT2D eigenvalue weighted by atomic mass is 10.1. The number of nitrogens with zero attached hydrogens (tertiary/aromatic N) is 3. The first-order valence-corrected chi connectivity index (χ1v) is 8.24. The van der Waals surface area contributed by atoms with E-state index < -0.39 is 0 Å². The molecule has 0 radical (unpaired) electrons. The minimum atomic E-state index is 0.173. The van der Waals surface area contributed by atoms with Gasteiger partial charge in [-0.1, -0.05) is 30.9 Å². The zero-order valence-electron chi connectivity index (χ0n) is 15.6. The molecule has 0 aliphatic carbocycles. The van der Waals surface area contributed by atoms with E-state index >= 15 is 0 Å². The van der Waals surface area contributed by atoms with Crippen molar-refractivity contribution in [3.8, 4) is 11.1 Å². The molecule has 0 fully saturated rings. The molecule has 7 heteroatoms. The fourth-order valence-corrected chi connectivity index (χ4v) is 1.94. The molecule has 0 aliphatic heterocycles. The van der Waals surface area contributed by atoms with Crippen LogP contribution in [0.25, 0.3) is 11.1 Å². The van der Waals surface area contributed by atoms with Crippen LogP contribution in [-0.4, -0.2) is 22.3 Å². The molecule has 0 saturated carbocycles.